The third kappa shape index (κ3) is 5.66. The van der Waals surface area contributed by atoms with Gasteiger partial charge in [-0.1, -0.05) is 0 Å². The van der Waals surface area contributed by atoms with Gasteiger partial charge in [-0.05, 0) is 51.8 Å². The number of nitrogens with zero attached hydrogens (tertiary/aromatic N) is 2. The lowest BCUT2D eigenvalue weighted by atomic mass is 10.1. The molecule has 0 aliphatic heterocycles. The van der Waals surface area contributed by atoms with Gasteiger partial charge in [0.15, 0.2) is 17.2 Å². The summed E-state index contributed by atoms with van der Waals surface area (Å²) >= 11 is 0. The minimum atomic E-state index is -4.49. The van der Waals surface area contributed by atoms with E-state index in [1.165, 1.54) is 4.68 Å². The fourth-order valence-corrected chi connectivity index (χ4v) is 3.35. The van der Waals surface area contributed by atoms with Gasteiger partial charge >= 0.3 is 6.18 Å². The van der Waals surface area contributed by atoms with Crippen molar-refractivity contribution in [3.63, 3.8) is 0 Å². The molecule has 1 heterocycles. The van der Waals surface area contributed by atoms with E-state index in [4.69, 9.17) is 14.2 Å². The van der Waals surface area contributed by atoms with Crippen LogP contribution >= 0.6 is 0 Å². The number of rotatable bonds is 11. The highest BCUT2D eigenvalue weighted by Gasteiger charge is 2.37. The molecule has 0 spiro atoms. The lowest BCUT2D eigenvalue weighted by Crippen LogP contribution is -2.28. The molecule has 1 amide bonds. The minimum absolute atomic E-state index is 0.0999. The van der Waals surface area contributed by atoms with Crippen LogP contribution in [-0.4, -0.2) is 42.1 Å². The van der Waals surface area contributed by atoms with Crippen molar-refractivity contribution >= 4 is 5.91 Å². The molecule has 10 heteroatoms. The van der Waals surface area contributed by atoms with Gasteiger partial charge in [0.25, 0.3) is 5.91 Å². The molecular formula is C22H28F3N3O4. The van der Waals surface area contributed by atoms with Gasteiger partial charge in [0.1, 0.15) is 0 Å². The smallest absolute Gasteiger partial charge is 0.435 e. The Morgan fingerprint density at radius 2 is 1.66 bits per heavy atom. The quantitative estimate of drug-likeness (QED) is 0.544. The Balaban J connectivity index is 1.73. The minimum Gasteiger partial charge on any atom is -0.490 e. The molecule has 1 N–H and O–H groups in total. The zero-order valence-corrected chi connectivity index (χ0v) is 18.4. The van der Waals surface area contributed by atoms with Crippen LogP contribution in [0.1, 0.15) is 61.3 Å². The third-order valence-electron chi connectivity index (χ3n) is 4.88. The molecule has 0 radical (unpaired) electrons. The summed E-state index contributed by atoms with van der Waals surface area (Å²) in [7, 11) is 0. The standard InChI is InChI=1S/C22H28F3N3O4/c1-4-30-17-11-15(12-18(31-5-2)20(17)32-6-3)21(29)26-9-10-28-16(14-7-8-14)13-19(27-28)22(23,24)25/h11-14H,4-10H2,1-3H3,(H,26,29). The zero-order valence-electron chi connectivity index (χ0n) is 18.4. The van der Waals surface area contributed by atoms with Crippen molar-refractivity contribution in [3.05, 3.63) is 35.2 Å². The predicted octanol–water partition coefficient (Wildman–Crippen LogP) is 4.41. The molecule has 0 unspecified atom stereocenters. The summed E-state index contributed by atoms with van der Waals surface area (Å²) < 4.78 is 57.4. The van der Waals surface area contributed by atoms with Gasteiger partial charge < -0.3 is 19.5 Å². The molecule has 1 aliphatic rings. The highest BCUT2D eigenvalue weighted by Crippen LogP contribution is 2.42. The molecule has 0 atom stereocenters. The first-order chi connectivity index (χ1) is 15.3. The van der Waals surface area contributed by atoms with Crippen molar-refractivity contribution in [2.24, 2.45) is 0 Å². The molecule has 1 fully saturated rings. The average molecular weight is 455 g/mol. The van der Waals surface area contributed by atoms with Crippen LogP contribution in [0.4, 0.5) is 13.2 Å². The highest BCUT2D eigenvalue weighted by atomic mass is 19.4. The molecule has 1 saturated carbocycles. The fraction of sp³-hybridized carbons (Fsp3) is 0.545. The van der Waals surface area contributed by atoms with E-state index in [-0.39, 0.29) is 19.0 Å². The van der Waals surface area contributed by atoms with Crippen LogP contribution in [-0.2, 0) is 12.7 Å². The monoisotopic (exact) mass is 455 g/mol. The maximum absolute atomic E-state index is 13.0. The number of alkyl halides is 3. The number of hydrogen-bond donors (Lipinski definition) is 1. The van der Waals surface area contributed by atoms with Crippen molar-refractivity contribution in [1.82, 2.24) is 15.1 Å². The Labute approximate surface area is 184 Å². The van der Waals surface area contributed by atoms with Gasteiger partial charge in [-0.15, -0.1) is 0 Å². The molecule has 0 bridgehead atoms. The summed E-state index contributed by atoms with van der Waals surface area (Å²) in [5.74, 6) is 0.916. The SMILES string of the molecule is CCOc1cc(C(=O)NCCn2nc(C(F)(F)F)cc2C2CC2)cc(OCC)c1OCC. The van der Waals surface area contributed by atoms with Gasteiger partial charge in [-0.3, -0.25) is 9.48 Å². The Hall–Kier alpha value is -2.91. The van der Waals surface area contributed by atoms with E-state index in [1.807, 2.05) is 20.8 Å². The summed E-state index contributed by atoms with van der Waals surface area (Å²) in [6.07, 6.45) is -2.80. The van der Waals surface area contributed by atoms with Crippen molar-refractivity contribution in [3.8, 4) is 17.2 Å². The lowest BCUT2D eigenvalue weighted by molar-refractivity contribution is -0.141. The summed E-state index contributed by atoms with van der Waals surface area (Å²) in [5.41, 5.74) is -0.0379. The molecule has 0 saturated heterocycles. The number of hydrogen-bond acceptors (Lipinski definition) is 5. The van der Waals surface area contributed by atoms with E-state index >= 15 is 0 Å². The number of aromatic nitrogens is 2. The van der Waals surface area contributed by atoms with E-state index in [0.29, 0.717) is 48.3 Å². The number of nitrogens with one attached hydrogen (secondary N) is 1. The number of halogens is 3. The first-order valence-corrected chi connectivity index (χ1v) is 10.8. The Bertz CT molecular complexity index is 912. The molecule has 176 valence electrons. The van der Waals surface area contributed by atoms with Gasteiger partial charge in [0, 0.05) is 23.7 Å². The summed E-state index contributed by atoms with van der Waals surface area (Å²) in [6, 6.07) is 4.24. The van der Waals surface area contributed by atoms with E-state index in [2.05, 4.69) is 10.4 Å². The predicted molar refractivity (Wildman–Crippen MR) is 111 cm³/mol. The van der Waals surface area contributed by atoms with Crippen LogP contribution in [0.15, 0.2) is 18.2 Å². The first-order valence-electron chi connectivity index (χ1n) is 10.8. The van der Waals surface area contributed by atoms with E-state index in [1.54, 1.807) is 12.1 Å². The number of benzene rings is 1. The maximum Gasteiger partial charge on any atom is 0.435 e. The van der Waals surface area contributed by atoms with Crippen LogP contribution in [0.3, 0.4) is 0 Å². The maximum atomic E-state index is 13.0. The summed E-state index contributed by atoms with van der Waals surface area (Å²) in [5, 5.41) is 6.44. The second kappa shape index (κ2) is 10.1. The topological polar surface area (TPSA) is 74.6 Å². The summed E-state index contributed by atoms with van der Waals surface area (Å²) in [6.45, 7) is 6.89. The molecular weight excluding hydrogens is 427 g/mol. The molecule has 1 aromatic heterocycles. The normalized spacial score (nSPS) is 13.7. The second-order valence-corrected chi connectivity index (χ2v) is 7.31. The van der Waals surface area contributed by atoms with Crippen LogP contribution in [0.5, 0.6) is 17.2 Å². The Morgan fingerprint density at radius 1 is 1.06 bits per heavy atom. The molecule has 2 aromatic rings. The number of ether oxygens (including phenoxy) is 3. The molecule has 7 nitrogen and oxygen atoms in total. The van der Waals surface area contributed by atoms with Gasteiger partial charge in [0.2, 0.25) is 5.75 Å². The molecule has 32 heavy (non-hydrogen) atoms. The Kier molecular flexibility index (Phi) is 7.52. The van der Waals surface area contributed by atoms with Gasteiger partial charge in [-0.25, -0.2) is 0 Å². The second-order valence-electron chi connectivity index (χ2n) is 7.31. The lowest BCUT2D eigenvalue weighted by Gasteiger charge is -2.17. The van der Waals surface area contributed by atoms with Crippen LogP contribution < -0.4 is 19.5 Å². The Morgan fingerprint density at radius 3 is 2.16 bits per heavy atom. The number of carbonyl (C=O) groups is 1. The highest BCUT2D eigenvalue weighted by molar-refractivity contribution is 5.95. The van der Waals surface area contributed by atoms with Crippen LogP contribution in [0, 0.1) is 0 Å². The van der Waals surface area contributed by atoms with E-state index < -0.39 is 17.8 Å². The average Bonchev–Trinajstić information content (AvgIpc) is 3.49. The van der Waals surface area contributed by atoms with E-state index in [9.17, 15) is 18.0 Å². The third-order valence-corrected chi connectivity index (χ3v) is 4.88. The van der Waals surface area contributed by atoms with Crippen molar-refractivity contribution < 1.29 is 32.2 Å². The van der Waals surface area contributed by atoms with Crippen molar-refractivity contribution in [2.45, 2.75) is 52.3 Å². The fourth-order valence-electron chi connectivity index (χ4n) is 3.35. The van der Waals surface area contributed by atoms with Gasteiger partial charge in [-0.2, -0.15) is 18.3 Å². The number of amides is 1. The largest absolute Gasteiger partial charge is 0.490 e. The molecule has 1 aliphatic carbocycles. The van der Waals surface area contributed by atoms with E-state index in [0.717, 1.165) is 18.9 Å². The van der Waals surface area contributed by atoms with Gasteiger partial charge in [0.05, 0.1) is 26.4 Å². The molecule has 1 aromatic carbocycles. The zero-order chi connectivity index (χ0) is 23.3. The molecule has 3 rings (SSSR count). The van der Waals surface area contributed by atoms with Crippen molar-refractivity contribution in [1.29, 1.82) is 0 Å². The van der Waals surface area contributed by atoms with Crippen LogP contribution in [0.25, 0.3) is 0 Å². The van der Waals surface area contributed by atoms with Crippen LogP contribution in [0.2, 0.25) is 0 Å². The number of carbonyl (C=O) groups excluding carboxylic acids is 1. The van der Waals surface area contributed by atoms with Crippen molar-refractivity contribution in [2.75, 3.05) is 26.4 Å². The first kappa shape index (κ1) is 23.7. The summed E-state index contributed by atoms with van der Waals surface area (Å²) in [4.78, 5) is 12.7.